The third-order valence-corrected chi connectivity index (χ3v) is 4.50. The maximum atomic E-state index is 12.3. The summed E-state index contributed by atoms with van der Waals surface area (Å²) in [6, 6.07) is 22.0. The normalized spacial score (nSPS) is 12.5. The van der Waals surface area contributed by atoms with Gasteiger partial charge in [0.15, 0.2) is 0 Å². The highest BCUT2D eigenvalue weighted by Crippen LogP contribution is 2.20. The highest BCUT2D eigenvalue weighted by Gasteiger charge is 2.08. The summed E-state index contributed by atoms with van der Waals surface area (Å²) in [4.78, 5) is 21.1. The molecule has 0 aliphatic carbocycles. The van der Waals surface area contributed by atoms with Crippen LogP contribution in [0.4, 0.5) is 0 Å². The second-order valence-corrected chi connectivity index (χ2v) is 6.45. The fraction of sp³-hybridized carbons (Fsp3) is 0.0870. The summed E-state index contributed by atoms with van der Waals surface area (Å²) < 4.78 is 0. The first kappa shape index (κ1) is 16.9. The van der Waals surface area contributed by atoms with Crippen molar-refractivity contribution in [2.45, 2.75) is 13.0 Å². The summed E-state index contributed by atoms with van der Waals surface area (Å²) in [6.07, 6.45) is 4.84. The van der Waals surface area contributed by atoms with Gasteiger partial charge in [0.25, 0.3) is 0 Å². The Balaban J connectivity index is 1.46. The van der Waals surface area contributed by atoms with Crippen molar-refractivity contribution < 1.29 is 4.79 Å². The van der Waals surface area contributed by atoms with E-state index in [2.05, 4.69) is 39.6 Å². The van der Waals surface area contributed by atoms with E-state index < -0.39 is 0 Å². The Morgan fingerprint density at radius 2 is 1.70 bits per heavy atom. The van der Waals surface area contributed by atoms with Crippen LogP contribution in [0.3, 0.4) is 0 Å². The van der Waals surface area contributed by atoms with Gasteiger partial charge in [-0.05, 0) is 47.5 Å². The first-order valence-electron chi connectivity index (χ1n) is 8.88. The van der Waals surface area contributed by atoms with Crippen LogP contribution in [0.15, 0.2) is 79.0 Å². The number of nitrogens with zero attached hydrogens (tertiary/aromatic N) is 2. The minimum atomic E-state index is -0.161. The standard InChI is InChI=1S/C23H19N3O/c1-16(18-11-10-17-6-2-3-7-19(17)14-18)25-23(27)13-12-20-15-24-21-8-4-5-9-22(21)26-20/h2-16H,1H3,(H,25,27)/b13-12-/t16-/m1/s1. The Morgan fingerprint density at radius 3 is 2.56 bits per heavy atom. The van der Waals surface area contributed by atoms with E-state index in [0.717, 1.165) is 22.0 Å². The van der Waals surface area contributed by atoms with Gasteiger partial charge < -0.3 is 5.32 Å². The quantitative estimate of drug-likeness (QED) is 0.542. The highest BCUT2D eigenvalue weighted by atomic mass is 16.1. The van der Waals surface area contributed by atoms with Gasteiger partial charge in [0, 0.05) is 6.08 Å². The highest BCUT2D eigenvalue weighted by molar-refractivity contribution is 5.92. The van der Waals surface area contributed by atoms with E-state index in [1.54, 1.807) is 12.3 Å². The zero-order valence-electron chi connectivity index (χ0n) is 15.0. The smallest absolute Gasteiger partial charge is 0.244 e. The van der Waals surface area contributed by atoms with Crippen molar-refractivity contribution in [2.75, 3.05) is 0 Å². The topological polar surface area (TPSA) is 54.9 Å². The molecule has 0 saturated carbocycles. The van der Waals surface area contributed by atoms with Crippen molar-refractivity contribution in [3.63, 3.8) is 0 Å². The largest absolute Gasteiger partial charge is 0.346 e. The lowest BCUT2D eigenvalue weighted by atomic mass is 10.0. The van der Waals surface area contributed by atoms with Gasteiger partial charge in [-0.15, -0.1) is 0 Å². The Labute approximate surface area is 157 Å². The van der Waals surface area contributed by atoms with Crippen LogP contribution >= 0.6 is 0 Å². The van der Waals surface area contributed by atoms with Gasteiger partial charge in [-0.1, -0.05) is 48.5 Å². The average molecular weight is 353 g/mol. The van der Waals surface area contributed by atoms with Crippen molar-refractivity contribution >= 4 is 33.8 Å². The summed E-state index contributed by atoms with van der Waals surface area (Å²) >= 11 is 0. The molecule has 0 unspecified atom stereocenters. The minimum absolute atomic E-state index is 0.0885. The van der Waals surface area contributed by atoms with E-state index in [1.165, 1.54) is 11.5 Å². The summed E-state index contributed by atoms with van der Waals surface area (Å²) in [6.45, 7) is 1.98. The van der Waals surface area contributed by atoms with Crippen molar-refractivity contribution in [3.8, 4) is 0 Å². The van der Waals surface area contributed by atoms with Crippen LogP contribution in [0.25, 0.3) is 27.9 Å². The average Bonchev–Trinajstić information content (AvgIpc) is 2.71. The lowest BCUT2D eigenvalue weighted by molar-refractivity contribution is -0.117. The molecule has 0 fully saturated rings. The summed E-state index contributed by atoms with van der Waals surface area (Å²) in [5, 5.41) is 5.35. The molecule has 3 aromatic carbocycles. The number of amides is 1. The molecule has 0 radical (unpaired) electrons. The van der Waals surface area contributed by atoms with Crippen LogP contribution < -0.4 is 5.32 Å². The van der Waals surface area contributed by atoms with Crippen LogP contribution in [0.5, 0.6) is 0 Å². The molecular weight excluding hydrogens is 334 g/mol. The molecule has 132 valence electrons. The number of aromatic nitrogens is 2. The van der Waals surface area contributed by atoms with E-state index >= 15 is 0 Å². The van der Waals surface area contributed by atoms with E-state index in [1.807, 2.05) is 49.4 Å². The van der Waals surface area contributed by atoms with Gasteiger partial charge >= 0.3 is 0 Å². The fourth-order valence-corrected chi connectivity index (χ4v) is 3.03. The summed E-state index contributed by atoms with van der Waals surface area (Å²) in [7, 11) is 0. The molecule has 0 bridgehead atoms. The zero-order chi connectivity index (χ0) is 18.6. The number of hydrogen-bond acceptors (Lipinski definition) is 3. The molecule has 1 amide bonds. The molecule has 1 aromatic heterocycles. The predicted molar refractivity (Wildman–Crippen MR) is 109 cm³/mol. The van der Waals surface area contributed by atoms with Gasteiger partial charge in [0.2, 0.25) is 5.91 Å². The molecule has 4 heteroatoms. The molecule has 0 saturated heterocycles. The Hall–Kier alpha value is -3.53. The Kier molecular flexibility index (Phi) is 4.62. The van der Waals surface area contributed by atoms with E-state index in [-0.39, 0.29) is 11.9 Å². The van der Waals surface area contributed by atoms with Crippen molar-refractivity contribution in [2.24, 2.45) is 0 Å². The number of nitrogens with one attached hydrogen (secondary N) is 1. The zero-order valence-corrected chi connectivity index (χ0v) is 15.0. The van der Waals surface area contributed by atoms with Gasteiger partial charge in [-0.25, -0.2) is 4.98 Å². The van der Waals surface area contributed by atoms with Gasteiger partial charge in [0.05, 0.1) is 29.0 Å². The van der Waals surface area contributed by atoms with Crippen molar-refractivity contribution in [1.82, 2.24) is 15.3 Å². The molecular formula is C23H19N3O. The molecule has 1 heterocycles. The monoisotopic (exact) mass is 353 g/mol. The molecule has 0 aliphatic rings. The fourth-order valence-electron chi connectivity index (χ4n) is 3.03. The lowest BCUT2D eigenvalue weighted by Crippen LogP contribution is -2.24. The SMILES string of the molecule is C[C@@H](NC(=O)/C=C\c1cnc2ccccc2n1)c1ccc2ccccc2c1. The summed E-state index contributed by atoms with van der Waals surface area (Å²) in [5.41, 5.74) is 3.37. The second kappa shape index (κ2) is 7.38. The summed E-state index contributed by atoms with van der Waals surface area (Å²) in [5.74, 6) is -0.161. The molecule has 4 aromatic rings. The van der Waals surface area contributed by atoms with Crippen LogP contribution in [-0.2, 0) is 4.79 Å². The molecule has 27 heavy (non-hydrogen) atoms. The maximum Gasteiger partial charge on any atom is 0.244 e. The van der Waals surface area contributed by atoms with E-state index in [0.29, 0.717) is 5.69 Å². The molecule has 1 atom stereocenters. The Bertz CT molecular complexity index is 1150. The van der Waals surface area contributed by atoms with Crippen molar-refractivity contribution in [3.05, 3.63) is 90.3 Å². The first-order valence-corrected chi connectivity index (χ1v) is 8.88. The van der Waals surface area contributed by atoms with Gasteiger partial charge in [-0.3, -0.25) is 9.78 Å². The molecule has 1 N–H and O–H groups in total. The molecule has 4 rings (SSSR count). The number of carbonyl (C=O) groups is 1. The number of carbonyl (C=O) groups excluding carboxylic acids is 1. The van der Waals surface area contributed by atoms with Gasteiger partial charge in [-0.2, -0.15) is 0 Å². The number of benzene rings is 3. The second-order valence-electron chi connectivity index (χ2n) is 6.45. The number of rotatable bonds is 4. The minimum Gasteiger partial charge on any atom is -0.346 e. The number of para-hydroxylation sites is 2. The van der Waals surface area contributed by atoms with Crippen LogP contribution in [0.1, 0.15) is 24.2 Å². The molecule has 0 spiro atoms. The van der Waals surface area contributed by atoms with E-state index in [4.69, 9.17) is 0 Å². The van der Waals surface area contributed by atoms with Crippen LogP contribution in [0.2, 0.25) is 0 Å². The number of hydrogen-bond donors (Lipinski definition) is 1. The maximum absolute atomic E-state index is 12.3. The number of fused-ring (bicyclic) bond motifs is 2. The lowest BCUT2D eigenvalue weighted by Gasteiger charge is -2.13. The molecule has 4 nitrogen and oxygen atoms in total. The Morgan fingerprint density at radius 1 is 0.963 bits per heavy atom. The van der Waals surface area contributed by atoms with Crippen LogP contribution in [0, 0.1) is 0 Å². The van der Waals surface area contributed by atoms with Crippen LogP contribution in [-0.4, -0.2) is 15.9 Å². The predicted octanol–water partition coefficient (Wildman–Crippen LogP) is 4.67. The van der Waals surface area contributed by atoms with Crippen molar-refractivity contribution in [1.29, 1.82) is 0 Å². The third kappa shape index (κ3) is 3.85. The molecule has 0 aliphatic heterocycles. The van der Waals surface area contributed by atoms with E-state index in [9.17, 15) is 4.79 Å². The first-order chi connectivity index (χ1) is 13.2. The van der Waals surface area contributed by atoms with Gasteiger partial charge in [0.1, 0.15) is 0 Å². The third-order valence-electron chi connectivity index (χ3n) is 4.50.